The van der Waals surface area contributed by atoms with Gasteiger partial charge in [0.05, 0.1) is 10.8 Å². The predicted octanol–water partition coefficient (Wildman–Crippen LogP) is 0.165. The molecule has 2 amide bonds. The van der Waals surface area contributed by atoms with Crippen molar-refractivity contribution in [3.8, 4) is 0 Å². The summed E-state index contributed by atoms with van der Waals surface area (Å²) in [4.78, 5) is 23.0. The first kappa shape index (κ1) is 13.5. The van der Waals surface area contributed by atoms with Crippen LogP contribution in [-0.4, -0.2) is 33.0 Å². The lowest BCUT2D eigenvalue weighted by molar-refractivity contribution is -0.123. The highest BCUT2D eigenvalue weighted by atomic mass is 32.2. The second-order valence-electron chi connectivity index (χ2n) is 4.49. The SMILES string of the molecule is CS(=O)(=O)c1cccc(NC(=O)C2CNC(=O)C2)c1. The zero-order valence-corrected chi connectivity index (χ0v) is 11.2. The Kier molecular flexibility index (Phi) is 3.57. The lowest BCUT2D eigenvalue weighted by Crippen LogP contribution is -2.24. The smallest absolute Gasteiger partial charge is 0.229 e. The molecule has 1 fully saturated rings. The van der Waals surface area contributed by atoms with Crippen LogP contribution in [0.1, 0.15) is 6.42 Å². The predicted molar refractivity (Wildman–Crippen MR) is 69.3 cm³/mol. The van der Waals surface area contributed by atoms with Gasteiger partial charge in [-0.05, 0) is 18.2 Å². The molecule has 1 heterocycles. The molecule has 1 unspecified atom stereocenters. The minimum absolute atomic E-state index is 0.144. The van der Waals surface area contributed by atoms with Crippen molar-refractivity contribution < 1.29 is 18.0 Å². The van der Waals surface area contributed by atoms with Crippen molar-refractivity contribution in [2.24, 2.45) is 5.92 Å². The van der Waals surface area contributed by atoms with Gasteiger partial charge in [0.15, 0.2) is 9.84 Å². The number of amides is 2. The number of hydrogen-bond donors (Lipinski definition) is 2. The molecule has 0 saturated carbocycles. The Morgan fingerprint density at radius 3 is 2.74 bits per heavy atom. The van der Waals surface area contributed by atoms with E-state index < -0.39 is 15.8 Å². The molecule has 0 radical (unpaired) electrons. The van der Waals surface area contributed by atoms with Crippen LogP contribution < -0.4 is 10.6 Å². The Bertz CT molecular complexity index is 624. The van der Waals surface area contributed by atoms with Gasteiger partial charge in [0.2, 0.25) is 11.8 Å². The van der Waals surface area contributed by atoms with Crippen molar-refractivity contribution in [1.82, 2.24) is 5.32 Å². The molecule has 0 bridgehead atoms. The van der Waals surface area contributed by atoms with Gasteiger partial charge in [0.25, 0.3) is 0 Å². The van der Waals surface area contributed by atoms with Crippen molar-refractivity contribution in [1.29, 1.82) is 0 Å². The molecule has 0 aliphatic carbocycles. The molecule has 19 heavy (non-hydrogen) atoms. The number of anilines is 1. The van der Waals surface area contributed by atoms with Crippen LogP contribution in [0.3, 0.4) is 0 Å². The fourth-order valence-electron chi connectivity index (χ4n) is 1.84. The standard InChI is InChI=1S/C12H14N2O4S/c1-19(17,18)10-4-2-3-9(6-10)14-12(16)8-5-11(15)13-7-8/h2-4,6,8H,5,7H2,1H3,(H,13,15)(H,14,16). The van der Waals surface area contributed by atoms with Gasteiger partial charge in [0.1, 0.15) is 0 Å². The molecular formula is C12H14N2O4S. The monoisotopic (exact) mass is 282 g/mol. The van der Waals surface area contributed by atoms with E-state index in [4.69, 9.17) is 0 Å². The normalized spacial score (nSPS) is 19.0. The summed E-state index contributed by atoms with van der Waals surface area (Å²) in [6.45, 7) is 0.316. The molecule has 102 valence electrons. The molecule has 1 aromatic rings. The third kappa shape index (κ3) is 3.31. The van der Waals surface area contributed by atoms with Crippen LogP contribution >= 0.6 is 0 Å². The minimum Gasteiger partial charge on any atom is -0.355 e. The van der Waals surface area contributed by atoms with Crippen molar-refractivity contribution in [2.45, 2.75) is 11.3 Å². The summed E-state index contributed by atoms with van der Waals surface area (Å²) in [6.07, 6.45) is 1.27. The maximum Gasteiger partial charge on any atom is 0.229 e. The van der Waals surface area contributed by atoms with E-state index in [9.17, 15) is 18.0 Å². The van der Waals surface area contributed by atoms with E-state index in [2.05, 4.69) is 10.6 Å². The summed E-state index contributed by atoms with van der Waals surface area (Å²) < 4.78 is 22.8. The fraction of sp³-hybridized carbons (Fsp3) is 0.333. The molecule has 6 nitrogen and oxygen atoms in total. The average Bonchev–Trinajstić information content (AvgIpc) is 2.75. The summed E-state index contributed by atoms with van der Waals surface area (Å²) in [5.74, 6) is -0.844. The van der Waals surface area contributed by atoms with Crippen molar-refractivity contribution >= 4 is 27.3 Å². The van der Waals surface area contributed by atoms with Crippen molar-refractivity contribution in [3.63, 3.8) is 0 Å². The maximum atomic E-state index is 11.9. The number of benzene rings is 1. The molecule has 7 heteroatoms. The molecule has 1 saturated heterocycles. The van der Waals surface area contributed by atoms with E-state index in [0.29, 0.717) is 12.2 Å². The number of nitrogens with one attached hydrogen (secondary N) is 2. The van der Waals surface area contributed by atoms with Gasteiger partial charge in [-0.15, -0.1) is 0 Å². The quantitative estimate of drug-likeness (QED) is 0.826. The molecule has 2 N–H and O–H groups in total. The first-order chi connectivity index (χ1) is 8.86. The Labute approximate surface area is 111 Å². The Morgan fingerprint density at radius 2 is 2.16 bits per heavy atom. The second-order valence-corrected chi connectivity index (χ2v) is 6.51. The molecular weight excluding hydrogens is 268 g/mol. The number of carbonyl (C=O) groups excluding carboxylic acids is 2. The van der Waals surface area contributed by atoms with Crippen LogP contribution in [0.2, 0.25) is 0 Å². The lowest BCUT2D eigenvalue weighted by Gasteiger charge is -2.10. The van der Waals surface area contributed by atoms with Crippen LogP contribution in [0.15, 0.2) is 29.2 Å². The summed E-state index contributed by atoms with van der Waals surface area (Å²) in [5, 5.41) is 5.20. The minimum atomic E-state index is -3.31. The van der Waals surface area contributed by atoms with Gasteiger partial charge >= 0.3 is 0 Å². The van der Waals surface area contributed by atoms with E-state index >= 15 is 0 Å². The lowest BCUT2D eigenvalue weighted by atomic mass is 10.1. The van der Waals surface area contributed by atoms with Gasteiger partial charge in [-0.2, -0.15) is 0 Å². The number of carbonyl (C=O) groups is 2. The number of sulfone groups is 1. The highest BCUT2D eigenvalue weighted by Crippen LogP contribution is 2.17. The summed E-state index contributed by atoms with van der Waals surface area (Å²) in [7, 11) is -3.31. The summed E-state index contributed by atoms with van der Waals surface area (Å²) >= 11 is 0. The van der Waals surface area contributed by atoms with Gasteiger partial charge in [-0.25, -0.2) is 8.42 Å². The van der Waals surface area contributed by atoms with E-state index in [-0.39, 0.29) is 23.1 Å². The Hall–Kier alpha value is -1.89. The number of rotatable bonds is 3. The number of hydrogen-bond acceptors (Lipinski definition) is 4. The van der Waals surface area contributed by atoms with E-state index in [1.54, 1.807) is 12.1 Å². The van der Waals surface area contributed by atoms with Crippen LogP contribution in [0.25, 0.3) is 0 Å². The van der Waals surface area contributed by atoms with Crippen molar-refractivity contribution in [3.05, 3.63) is 24.3 Å². The molecule has 2 rings (SSSR count). The van der Waals surface area contributed by atoms with Crippen molar-refractivity contribution in [2.75, 3.05) is 18.1 Å². The first-order valence-corrected chi connectivity index (χ1v) is 7.63. The molecule has 0 spiro atoms. The third-order valence-electron chi connectivity index (χ3n) is 2.88. The van der Waals surface area contributed by atoms with Gasteiger partial charge in [-0.1, -0.05) is 6.07 Å². The highest BCUT2D eigenvalue weighted by Gasteiger charge is 2.27. The van der Waals surface area contributed by atoms with Gasteiger partial charge in [0, 0.05) is 24.9 Å². The van der Waals surface area contributed by atoms with Gasteiger partial charge < -0.3 is 10.6 Å². The topological polar surface area (TPSA) is 92.3 Å². The van der Waals surface area contributed by atoms with Crippen LogP contribution in [0.5, 0.6) is 0 Å². The zero-order valence-electron chi connectivity index (χ0n) is 10.3. The fourth-order valence-corrected chi connectivity index (χ4v) is 2.51. The first-order valence-electron chi connectivity index (χ1n) is 5.74. The highest BCUT2D eigenvalue weighted by molar-refractivity contribution is 7.90. The van der Waals surface area contributed by atoms with Gasteiger partial charge in [-0.3, -0.25) is 9.59 Å². The Balaban J connectivity index is 2.11. The summed E-state index contributed by atoms with van der Waals surface area (Å²) in [6, 6.07) is 6.03. The molecule has 1 atom stereocenters. The van der Waals surface area contributed by atoms with E-state index in [1.807, 2.05) is 0 Å². The Morgan fingerprint density at radius 1 is 1.42 bits per heavy atom. The molecule has 0 aromatic heterocycles. The van der Waals surface area contributed by atoms with Crippen LogP contribution in [-0.2, 0) is 19.4 Å². The third-order valence-corrected chi connectivity index (χ3v) is 3.99. The maximum absolute atomic E-state index is 11.9. The molecule has 1 aliphatic heterocycles. The van der Waals surface area contributed by atoms with Crippen LogP contribution in [0, 0.1) is 5.92 Å². The van der Waals surface area contributed by atoms with E-state index in [0.717, 1.165) is 6.26 Å². The second kappa shape index (κ2) is 5.00. The van der Waals surface area contributed by atoms with E-state index in [1.165, 1.54) is 12.1 Å². The molecule has 1 aliphatic rings. The molecule has 1 aromatic carbocycles. The van der Waals surface area contributed by atoms with Crippen LogP contribution in [0.4, 0.5) is 5.69 Å². The zero-order chi connectivity index (χ0) is 14.0. The largest absolute Gasteiger partial charge is 0.355 e. The average molecular weight is 282 g/mol. The summed E-state index contributed by atoms with van der Waals surface area (Å²) in [5.41, 5.74) is 0.410.